The van der Waals surface area contributed by atoms with Crippen LogP contribution < -0.4 is 20.4 Å². The van der Waals surface area contributed by atoms with Gasteiger partial charge in [-0.3, -0.25) is 28.9 Å². The molecule has 0 aliphatic carbocycles. The fourth-order valence-electron chi connectivity index (χ4n) is 4.67. The van der Waals surface area contributed by atoms with Gasteiger partial charge in [0, 0.05) is 12.7 Å². The molecule has 2 atom stereocenters. The van der Waals surface area contributed by atoms with Crippen molar-refractivity contribution in [1.29, 1.82) is 0 Å². The molecular weight excluding hydrogens is 532 g/mol. The van der Waals surface area contributed by atoms with Gasteiger partial charge in [0.25, 0.3) is 17.7 Å². The van der Waals surface area contributed by atoms with Gasteiger partial charge in [0.1, 0.15) is 25.5 Å². The van der Waals surface area contributed by atoms with Crippen molar-refractivity contribution in [3.05, 3.63) is 72.3 Å². The Morgan fingerprint density at radius 3 is 2.41 bits per heavy atom. The van der Waals surface area contributed by atoms with Gasteiger partial charge >= 0.3 is 5.97 Å². The summed E-state index contributed by atoms with van der Waals surface area (Å²) in [7, 11) is 1.35. The van der Waals surface area contributed by atoms with Gasteiger partial charge in [-0.1, -0.05) is 48.5 Å². The highest BCUT2D eigenvalue weighted by atomic mass is 16.5. The summed E-state index contributed by atoms with van der Waals surface area (Å²) in [5.74, 6) is -3.82. The molecule has 1 aliphatic heterocycles. The molecule has 41 heavy (non-hydrogen) atoms. The van der Waals surface area contributed by atoms with Crippen LogP contribution in [0.15, 0.2) is 66.7 Å². The van der Waals surface area contributed by atoms with E-state index in [1.54, 1.807) is 42.5 Å². The van der Waals surface area contributed by atoms with Crippen LogP contribution in [0.25, 0.3) is 10.8 Å². The molecule has 0 saturated carbocycles. The van der Waals surface area contributed by atoms with Gasteiger partial charge in [-0.05, 0) is 29.0 Å². The second kappa shape index (κ2) is 12.8. The summed E-state index contributed by atoms with van der Waals surface area (Å²) in [5, 5.41) is 15.5. The maximum absolute atomic E-state index is 13.9. The number of amides is 4. The highest BCUT2D eigenvalue weighted by Gasteiger charge is 2.38. The zero-order valence-electron chi connectivity index (χ0n) is 22.1. The summed E-state index contributed by atoms with van der Waals surface area (Å²) in [5.41, 5.74) is 0.828. The van der Waals surface area contributed by atoms with Gasteiger partial charge in [-0.25, -0.2) is 0 Å². The van der Waals surface area contributed by atoms with E-state index < -0.39 is 54.6 Å². The Balaban J connectivity index is 1.70. The number of carboxylic acids is 1. The van der Waals surface area contributed by atoms with Gasteiger partial charge in [-0.2, -0.15) is 0 Å². The van der Waals surface area contributed by atoms with E-state index in [4.69, 9.17) is 9.84 Å². The fraction of sp³-hybridized carbons (Fsp3) is 0.241. The molecule has 0 saturated heterocycles. The van der Waals surface area contributed by atoms with Crippen molar-refractivity contribution in [1.82, 2.24) is 10.6 Å². The summed E-state index contributed by atoms with van der Waals surface area (Å²) in [6.45, 7) is -1.15. The molecule has 3 aromatic rings. The van der Waals surface area contributed by atoms with E-state index in [1.165, 1.54) is 18.1 Å². The normalized spacial score (nSPS) is 15.4. The Kier molecular flexibility index (Phi) is 9.05. The number of nitrogens with one attached hydrogen (secondary N) is 2. The molecule has 3 N–H and O–H groups in total. The minimum atomic E-state index is -1.31. The second-order valence-corrected chi connectivity index (χ2v) is 9.31. The van der Waals surface area contributed by atoms with E-state index in [-0.39, 0.29) is 18.8 Å². The van der Waals surface area contributed by atoms with Crippen molar-refractivity contribution in [2.24, 2.45) is 0 Å². The quantitative estimate of drug-likeness (QED) is 0.311. The summed E-state index contributed by atoms with van der Waals surface area (Å²) in [4.78, 5) is 78.2. The number of ether oxygens (including phenoxy) is 1. The lowest BCUT2D eigenvalue weighted by Crippen LogP contribution is -2.55. The fourth-order valence-corrected chi connectivity index (χ4v) is 4.67. The predicted octanol–water partition coefficient (Wildman–Crippen LogP) is 1.12. The van der Waals surface area contributed by atoms with Crippen LogP contribution in [0.4, 0.5) is 11.4 Å². The van der Waals surface area contributed by atoms with Crippen molar-refractivity contribution in [2.75, 3.05) is 36.6 Å². The largest absolute Gasteiger partial charge is 0.481 e. The number of aldehydes is 1. The number of carboxylic acid groups (broad SMARTS) is 1. The lowest BCUT2D eigenvalue weighted by molar-refractivity contribution is -0.139. The van der Waals surface area contributed by atoms with Gasteiger partial charge in [0.05, 0.1) is 30.4 Å². The molecule has 0 fully saturated rings. The molecular formula is C29H28N4O8. The predicted molar refractivity (Wildman–Crippen MR) is 148 cm³/mol. The number of hydrogen-bond donors (Lipinski definition) is 3. The van der Waals surface area contributed by atoms with E-state index in [0.717, 1.165) is 10.3 Å². The van der Waals surface area contributed by atoms with E-state index in [0.29, 0.717) is 22.9 Å². The Morgan fingerprint density at radius 1 is 1.02 bits per heavy atom. The zero-order valence-corrected chi connectivity index (χ0v) is 22.1. The Bertz CT molecular complexity index is 1500. The van der Waals surface area contributed by atoms with Crippen LogP contribution in [-0.4, -0.2) is 79.9 Å². The maximum atomic E-state index is 13.9. The van der Waals surface area contributed by atoms with Crippen LogP contribution in [0, 0.1) is 0 Å². The van der Waals surface area contributed by atoms with Gasteiger partial charge < -0.3 is 30.2 Å². The number of rotatable bonds is 10. The number of nitrogens with zero attached hydrogens (tertiary/aromatic N) is 2. The number of fused-ring (bicyclic) bond motifs is 2. The first-order chi connectivity index (χ1) is 19.7. The Labute approximate surface area is 234 Å². The molecule has 0 radical (unpaired) electrons. The molecule has 3 aromatic carbocycles. The third kappa shape index (κ3) is 6.56. The van der Waals surface area contributed by atoms with E-state index in [9.17, 15) is 28.8 Å². The van der Waals surface area contributed by atoms with Crippen LogP contribution in [0.3, 0.4) is 0 Å². The molecule has 0 bridgehead atoms. The molecule has 12 heteroatoms. The Hall–Kier alpha value is -5.10. The number of methoxy groups -OCH3 is 1. The SMILES string of the molecule is COCC(=O)N1CC(NC(=O)c2cccc3ccccc23)C(=O)N(CC(=O)NC(C=O)CC(=O)O)c2ccccc21. The molecule has 1 aliphatic rings. The number of benzene rings is 3. The van der Waals surface area contributed by atoms with Crippen LogP contribution in [0.2, 0.25) is 0 Å². The number of aliphatic carboxylic acids is 1. The third-order valence-electron chi connectivity index (χ3n) is 6.51. The summed E-state index contributed by atoms with van der Waals surface area (Å²) < 4.78 is 5.03. The molecule has 4 amide bonds. The zero-order chi connectivity index (χ0) is 29.5. The third-order valence-corrected chi connectivity index (χ3v) is 6.51. The van der Waals surface area contributed by atoms with Gasteiger partial charge in [0.15, 0.2) is 0 Å². The average Bonchev–Trinajstić information content (AvgIpc) is 3.07. The minimum absolute atomic E-state index is 0.208. The molecule has 0 aromatic heterocycles. The number of carbonyl (C=O) groups excluding carboxylic acids is 5. The Morgan fingerprint density at radius 2 is 1.71 bits per heavy atom. The van der Waals surface area contributed by atoms with Crippen LogP contribution in [-0.2, 0) is 28.7 Å². The number of hydrogen-bond acceptors (Lipinski definition) is 7. The standard InChI is InChI=1S/C29H28N4O8/c1-41-17-26(36)32-14-22(31-28(39)21-10-6-8-18-7-2-3-9-20(18)21)29(40)33(24-12-5-4-11-23(24)32)15-25(35)30-19(16-34)13-27(37)38/h2-12,16,19,22H,13-15,17H2,1H3,(H,30,35)(H,31,39)(H,37,38). The number of carbonyl (C=O) groups is 6. The molecule has 212 valence electrons. The summed E-state index contributed by atoms with van der Waals surface area (Å²) >= 11 is 0. The molecule has 2 unspecified atom stereocenters. The van der Waals surface area contributed by atoms with E-state index >= 15 is 0 Å². The molecule has 4 rings (SSSR count). The molecule has 0 spiro atoms. The lowest BCUT2D eigenvalue weighted by atomic mass is 10.0. The van der Waals surface area contributed by atoms with Crippen molar-refractivity contribution in [3.8, 4) is 0 Å². The van der Waals surface area contributed by atoms with Crippen molar-refractivity contribution in [3.63, 3.8) is 0 Å². The summed E-state index contributed by atoms with van der Waals surface area (Å²) in [6.07, 6.45) is -0.342. The smallest absolute Gasteiger partial charge is 0.305 e. The number of anilines is 2. The number of para-hydroxylation sites is 2. The average molecular weight is 561 g/mol. The lowest BCUT2D eigenvalue weighted by Gasteiger charge is -2.25. The molecule has 1 heterocycles. The van der Waals surface area contributed by atoms with Crippen molar-refractivity contribution < 1.29 is 38.6 Å². The molecule has 12 nitrogen and oxygen atoms in total. The first kappa shape index (κ1) is 28.9. The van der Waals surface area contributed by atoms with Crippen LogP contribution in [0.1, 0.15) is 16.8 Å². The first-order valence-corrected chi connectivity index (χ1v) is 12.7. The van der Waals surface area contributed by atoms with Gasteiger partial charge in [0.2, 0.25) is 5.91 Å². The van der Waals surface area contributed by atoms with Crippen LogP contribution in [0.5, 0.6) is 0 Å². The van der Waals surface area contributed by atoms with E-state index in [1.807, 2.05) is 18.2 Å². The monoisotopic (exact) mass is 560 g/mol. The second-order valence-electron chi connectivity index (χ2n) is 9.31. The highest BCUT2D eigenvalue weighted by molar-refractivity contribution is 6.13. The summed E-state index contributed by atoms with van der Waals surface area (Å²) in [6, 6.07) is 16.3. The highest BCUT2D eigenvalue weighted by Crippen LogP contribution is 2.33. The van der Waals surface area contributed by atoms with Gasteiger partial charge in [-0.15, -0.1) is 0 Å². The minimum Gasteiger partial charge on any atom is -0.481 e. The topological polar surface area (TPSA) is 162 Å². The first-order valence-electron chi connectivity index (χ1n) is 12.7. The maximum Gasteiger partial charge on any atom is 0.305 e. The van der Waals surface area contributed by atoms with Crippen molar-refractivity contribution in [2.45, 2.75) is 18.5 Å². The van der Waals surface area contributed by atoms with Crippen LogP contribution >= 0.6 is 0 Å². The van der Waals surface area contributed by atoms with E-state index in [2.05, 4.69) is 10.6 Å². The van der Waals surface area contributed by atoms with Crippen molar-refractivity contribution >= 4 is 58.0 Å².